The summed E-state index contributed by atoms with van der Waals surface area (Å²) in [6.07, 6.45) is -0.125. The maximum Gasteiger partial charge on any atom is 0.272 e. The Hall–Kier alpha value is -3.16. The molecule has 1 saturated heterocycles. The predicted octanol–water partition coefficient (Wildman–Crippen LogP) is 2.93. The van der Waals surface area contributed by atoms with Crippen LogP contribution in [-0.2, 0) is 4.74 Å². The van der Waals surface area contributed by atoms with E-state index in [4.69, 9.17) is 4.74 Å². The first-order valence-electron chi connectivity index (χ1n) is 10.00. The number of phenols is 1. The molecule has 4 rings (SSSR count). The highest BCUT2D eigenvalue weighted by Crippen LogP contribution is 2.31. The summed E-state index contributed by atoms with van der Waals surface area (Å²) in [5.74, 6) is 0.0879. The van der Waals surface area contributed by atoms with E-state index < -0.39 is 0 Å². The van der Waals surface area contributed by atoms with Crippen molar-refractivity contribution < 1.29 is 14.6 Å². The van der Waals surface area contributed by atoms with Crippen LogP contribution in [0.3, 0.4) is 0 Å². The zero-order chi connectivity index (χ0) is 21.1. The summed E-state index contributed by atoms with van der Waals surface area (Å²) < 4.78 is 6.07. The Morgan fingerprint density at radius 3 is 2.63 bits per heavy atom. The van der Waals surface area contributed by atoms with Crippen LogP contribution in [0.5, 0.6) is 5.75 Å². The van der Waals surface area contributed by atoms with Crippen molar-refractivity contribution in [1.82, 2.24) is 20.0 Å². The van der Waals surface area contributed by atoms with Crippen LogP contribution in [-0.4, -0.2) is 70.9 Å². The first-order chi connectivity index (χ1) is 14.5. The number of phenolic OH excluding ortho intramolecular Hbond substituents is 1. The molecule has 2 aromatic carbocycles. The van der Waals surface area contributed by atoms with Gasteiger partial charge in [0.05, 0.1) is 24.4 Å². The molecule has 1 aliphatic rings. The van der Waals surface area contributed by atoms with Gasteiger partial charge in [0, 0.05) is 18.7 Å². The second-order valence-electron chi connectivity index (χ2n) is 7.74. The van der Waals surface area contributed by atoms with Crippen LogP contribution in [0.25, 0.3) is 11.3 Å². The molecule has 7 nitrogen and oxygen atoms in total. The Morgan fingerprint density at radius 2 is 1.93 bits per heavy atom. The second-order valence-corrected chi connectivity index (χ2v) is 7.74. The van der Waals surface area contributed by atoms with E-state index in [1.165, 1.54) is 0 Å². The Kier molecular flexibility index (Phi) is 5.83. The second kappa shape index (κ2) is 8.69. The molecule has 0 radical (unpaired) electrons. The number of morpholine rings is 1. The molecule has 1 aliphatic heterocycles. The average Bonchev–Trinajstić information content (AvgIpc) is 3.24. The minimum atomic E-state index is -0.185. The number of aromatic hydroxyl groups is 1. The zero-order valence-electron chi connectivity index (χ0n) is 17.2. The molecule has 0 spiro atoms. The van der Waals surface area contributed by atoms with E-state index in [0.29, 0.717) is 31.1 Å². The number of amides is 1. The van der Waals surface area contributed by atoms with Crippen molar-refractivity contribution in [1.29, 1.82) is 0 Å². The van der Waals surface area contributed by atoms with E-state index >= 15 is 0 Å². The van der Waals surface area contributed by atoms with Gasteiger partial charge in [-0.05, 0) is 50.0 Å². The van der Waals surface area contributed by atoms with E-state index in [-0.39, 0.29) is 23.8 Å². The van der Waals surface area contributed by atoms with Gasteiger partial charge in [0.1, 0.15) is 11.4 Å². The molecule has 156 valence electrons. The summed E-state index contributed by atoms with van der Waals surface area (Å²) in [5, 5.41) is 16.7. The highest BCUT2D eigenvalue weighted by molar-refractivity contribution is 5.93. The van der Waals surface area contributed by atoms with Crippen LogP contribution >= 0.6 is 0 Å². The number of likely N-dealkylation sites (N-methyl/N-ethyl adjacent to an activating group) is 1. The smallest absolute Gasteiger partial charge is 0.272 e. The van der Waals surface area contributed by atoms with Gasteiger partial charge in [0.15, 0.2) is 0 Å². The van der Waals surface area contributed by atoms with Crippen molar-refractivity contribution >= 4 is 5.91 Å². The van der Waals surface area contributed by atoms with E-state index in [9.17, 15) is 9.90 Å². The van der Waals surface area contributed by atoms with Crippen molar-refractivity contribution in [3.8, 4) is 17.0 Å². The molecule has 1 aromatic heterocycles. The molecule has 2 N–H and O–H groups in total. The summed E-state index contributed by atoms with van der Waals surface area (Å²) in [6.45, 7) is 1.72. The lowest BCUT2D eigenvalue weighted by atomic mass is 9.97. The Bertz CT molecular complexity index is 985. The fourth-order valence-electron chi connectivity index (χ4n) is 3.88. The number of ether oxygens (including phenoxy) is 1. The van der Waals surface area contributed by atoms with Gasteiger partial charge in [-0.25, -0.2) is 0 Å². The number of hydrogen-bond donors (Lipinski definition) is 2. The van der Waals surface area contributed by atoms with Crippen molar-refractivity contribution in [2.24, 2.45) is 0 Å². The third-order valence-electron chi connectivity index (χ3n) is 5.27. The number of H-pyrrole nitrogens is 1. The van der Waals surface area contributed by atoms with E-state index in [1.807, 2.05) is 49.3 Å². The maximum absolute atomic E-state index is 13.5. The molecule has 7 heteroatoms. The predicted molar refractivity (Wildman–Crippen MR) is 114 cm³/mol. The minimum absolute atomic E-state index is 0.103. The van der Waals surface area contributed by atoms with E-state index in [0.717, 1.165) is 11.1 Å². The number of nitrogens with one attached hydrogen (secondary N) is 1. The largest absolute Gasteiger partial charge is 0.508 e. The molecule has 2 atom stereocenters. The van der Waals surface area contributed by atoms with Crippen LogP contribution in [0.4, 0.5) is 0 Å². The Balaban J connectivity index is 1.63. The maximum atomic E-state index is 13.5. The molecule has 0 unspecified atom stereocenters. The van der Waals surface area contributed by atoms with E-state index in [1.54, 1.807) is 30.3 Å². The highest BCUT2D eigenvalue weighted by Gasteiger charge is 2.37. The van der Waals surface area contributed by atoms with Gasteiger partial charge in [-0.2, -0.15) is 5.10 Å². The van der Waals surface area contributed by atoms with Crippen molar-refractivity contribution in [2.75, 3.05) is 33.8 Å². The molecule has 1 fully saturated rings. The fraction of sp³-hybridized carbons (Fsp3) is 0.304. The summed E-state index contributed by atoms with van der Waals surface area (Å²) in [7, 11) is 4.01. The number of carbonyl (C=O) groups is 1. The lowest BCUT2D eigenvalue weighted by Crippen LogP contribution is -2.51. The quantitative estimate of drug-likeness (QED) is 0.681. The van der Waals surface area contributed by atoms with Gasteiger partial charge in [-0.15, -0.1) is 0 Å². The number of benzene rings is 2. The van der Waals surface area contributed by atoms with Gasteiger partial charge in [-0.3, -0.25) is 9.89 Å². The third kappa shape index (κ3) is 4.22. The Labute approximate surface area is 175 Å². The minimum Gasteiger partial charge on any atom is -0.508 e. The molecular formula is C23H26N4O3. The molecule has 3 aromatic rings. The van der Waals surface area contributed by atoms with Crippen LogP contribution < -0.4 is 0 Å². The van der Waals surface area contributed by atoms with Gasteiger partial charge in [-0.1, -0.05) is 30.3 Å². The van der Waals surface area contributed by atoms with Gasteiger partial charge < -0.3 is 19.6 Å². The molecule has 2 heterocycles. The van der Waals surface area contributed by atoms with E-state index in [2.05, 4.69) is 15.1 Å². The Morgan fingerprint density at radius 1 is 1.20 bits per heavy atom. The molecule has 1 amide bonds. The first kappa shape index (κ1) is 20.1. The van der Waals surface area contributed by atoms with Crippen LogP contribution in [0, 0.1) is 0 Å². The molecule has 30 heavy (non-hydrogen) atoms. The number of aromatic amines is 1. The van der Waals surface area contributed by atoms with Gasteiger partial charge >= 0.3 is 0 Å². The summed E-state index contributed by atoms with van der Waals surface area (Å²) >= 11 is 0. The first-order valence-corrected chi connectivity index (χ1v) is 10.00. The molecule has 0 saturated carbocycles. The van der Waals surface area contributed by atoms with Crippen LogP contribution in [0.1, 0.15) is 22.1 Å². The number of aromatic nitrogens is 2. The van der Waals surface area contributed by atoms with Gasteiger partial charge in [0.25, 0.3) is 5.91 Å². The summed E-state index contributed by atoms with van der Waals surface area (Å²) in [4.78, 5) is 17.4. The number of nitrogens with zero attached hydrogens (tertiary/aromatic N) is 3. The molecular weight excluding hydrogens is 380 g/mol. The lowest BCUT2D eigenvalue weighted by molar-refractivity contribution is -0.0686. The summed E-state index contributed by atoms with van der Waals surface area (Å²) in [5.41, 5.74) is 2.98. The standard InChI is InChI=1S/C23H26N4O3/c1-26(2)15-21-22(17-6-4-3-5-7-17)27(12-13-30-21)23(29)20-14-19(24-25-20)16-8-10-18(28)11-9-16/h3-11,14,21-22,28H,12-13,15H2,1-2H3,(H,24,25)/t21-,22-/m0/s1. The van der Waals surface area contributed by atoms with Crippen molar-refractivity contribution in [2.45, 2.75) is 12.1 Å². The molecule has 0 aliphatic carbocycles. The number of rotatable bonds is 5. The zero-order valence-corrected chi connectivity index (χ0v) is 17.2. The van der Waals surface area contributed by atoms with Crippen molar-refractivity contribution in [3.63, 3.8) is 0 Å². The monoisotopic (exact) mass is 406 g/mol. The normalized spacial score (nSPS) is 19.2. The SMILES string of the molecule is CN(C)C[C@@H]1OCCN(C(=O)c2cc(-c3ccc(O)cc3)n[nH]2)[C@H]1c1ccccc1. The average molecular weight is 406 g/mol. The van der Waals surface area contributed by atoms with Gasteiger partial charge in [0.2, 0.25) is 0 Å². The third-order valence-corrected chi connectivity index (χ3v) is 5.27. The fourth-order valence-corrected chi connectivity index (χ4v) is 3.88. The van der Waals surface area contributed by atoms with Crippen LogP contribution in [0.15, 0.2) is 60.7 Å². The number of hydrogen-bond acceptors (Lipinski definition) is 5. The summed E-state index contributed by atoms with van der Waals surface area (Å²) in [6, 6.07) is 18.3. The molecule has 0 bridgehead atoms. The highest BCUT2D eigenvalue weighted by atomic mass is 16.5. The number of carbonyl (C=O) groups excluding carboxylic acids is 1. The topological polar surface area (TPSA) is 81.7 Å². The van der Waals surface area contributed by atoms with Crippen molar-refractivity contribution in [3.05, 3.63) is 71.9 Å². The van der Waals surface area contributed by atoms with Crippen LogP contribution in [0.2, 0.25) is 0 Å². The lowest BCUT2D eigenvalue weighted by Gasteiger charge is -2.42.